The molecule has 0 saturated carbocycles. The Bertz CT molecular complexity index is 797. The third-order valence-electron chi connectivity index (χ3n) is 3.25. The molecule has 2 N–H and O–H groups in total. The predicted molar refractivity (Wildman–Crippen MR) is 97.9 cm³/mol. The van der Waals surface area contributed by atoms with Crippen LogP contribution >= 0.6 is 23.2 Å². The van der Waals surface area contributed by atoms with Crippen LogP contribution in [0.5, 0.6) is 0 Å². The van der Waals surface area contributed by atoms with E-state index < -0.39 is 24.5 Å². The number of rotatable bonds is 6. The van der Waals surface area contributed by atoms with Crippen molar-refractivity contribution >= 4 is 41.1 Å². The van der Waals surface area contributed by atoms with Gasteiger partial charge in [-0.25, -0.2) is 4.79 Å². The summed E-state index contributed by atoms with van der Waals surface area (Å²) >= 11 is 11.7. The van der Waals surface area contributed by atoms with Gasteiger partial charge in [0.2, 0.25) is 0 Å². The molecule has 0 aliphatic carbocycles. The van der Waals surface area contributed by atoms with Gasteiger partial charge in [-0.05, 0) is 23.3 Å². The zero-order valence-electron chi connectivity index (χ0n) is 13.6. The highest BCUT2D eigenvalue weighted by Crippen LogP contribution is 2.22. The maximum Gasteiger partial charge on any atom is 0.321 e. The second kappa shape index (κ2) is 9.79. The monoisotopic (exact) mass is 394 g/mol. The van der Waals surface area contributed by atoms with Crippen LogP contribution in [0.4, 0.5) is 4.79 Å². The highest BCUT2D eigenvalue weighted by molar-refractivity contribution is 6.42. The van der Waals surface area contributed by atoms with Crippen molar-refractivity contribution in [2.75, 3.05) is 6.61 Å². The number of ether oxygens (including phenoxy) is 1. The Morgan fingerprint density at radius 1 is 0.923 bits per heavy atom. The van der Waals surface area contributed by atoms with Gasteiger partial charge in [-0.3, -0.25) is 14.9 Å². The van der Waals surface area contributed by atoms with E-state index in [9.17, 15) is 14.4 Å². The van der Waals surface area contributed by atoms with Crippen LogP contribution in [0.2, 0.25) is 10.0 Å². The van der Waals surface area contributed by atoms with E-state index in [4.69, 9.17) is 27.9 Å². The van der Waals surface area contributed by atoms with E-state index in [1.165, 1.54) is 0 Å². The minimum absolute atomic E-state index is 0.0651. The fourth-order valence-electron chi connectivity index (χ4n) is 2.00. The fourth-order valence-corrected chi connectivity index (χ4v) is 2.32. The van der Waals surface area contributed by atoms with Crippen molar-refractivity contribution in [3.8, 4) is 0 Å². The molecule has 26 heavy (non-hydrogen) atoms. The van der Waals surface area contributed by atoms with Crippen LogP contribution in [0.3, 0.4) is 0 Å². The number of halogens is 2. The van der Waals surface area contributed by atoms with Crippen LogP contribution in [0.15, 0.2) is 48.5 Å². The molecule has 2 aromatic carbocycles. The van der Waals surface area contributed by atoms with E-state index in [0.29, 0.717) is 15.6 Å². The molecule has 0 spiro atoms. The molecule has 2 aromatic rings. The summed E-state index contributed by atoms with van der Waals surface area (Å²) in [5.74, 6) is -1.35. The van der Waals surface area contributed by atoms with Crippen molar-refractivity contribution < 1.29 is 19.1 Å². The number of benzene rings is 2. The number of carbonyl (C=O) groups excluding carboxylic acids is 3. The largest absolute Gasteiger partial charge is 0.455 e. The molecular formula is C18H16Cl2N2O4. The Kier molecular flexibility index (Phi) is 7.44. The molecule has 0 unspecified atom stereocenters. The molecule has 6 nitrogen and oxygen atoms in total. The summed E-state index contributed by atoms with van der Waals surface area (Å²) in [7, 11) is 0. The fraction of sp³-hybridized carbons (Fsp3) is 0.167. The second-order valence-electron chi connectivity index (χ2n) is 5.30. The molecule has 0 atom stereocenters. The number of urea groups is 1. The molecule has 0 aliphatic heterocycles. The van der Waals surface area contributed by atoms with Crippen molar-refractivity contribution in [2.45, 2.75) is 13.0 Å². The number of hydrogen-bond donors (Lipinski definition) is 2. The Morgan fingerprint density at radius 3 is 2.35 bits per heavy atom. The zero-order valence-corrected chi connectivity index (χ0v) is 15.1. The standard InChI is InChI=1S/C18H16Cl2N2O4/c19-14-7-6-13(8-15(14)20)9-17(24)26-11-16(23)22-18(25)21-10-12-4-2-1-3-5-12/h1-8H,9-11H2,(H2,21,22,23,25). The summed E-state index contributed by atoms with van der Waals surface area (Å²) in [5, 5.41) is 5.31. The van der Waals surface area contributed by atoms with Gasteiger partial charge in [0.05, 0.1) is 16.5 Å². The van der Waals surface area contributed by atoms with E-state index >= 15 is 0 Å². The summed E-state index contributed by atoms with van der Waals surface area (Å²) in [6.07, 6.45) is -0.0651. The maximum absolute atomic E-state index is 11.7. The van der Waals surface area contributed by atoms with Crippen molar-refractivity contribution in [1.29, 1.82) is 0 Å². The summed E-state index contributed by atoms with van der Waals surface area (Å²) in [6, 6.07) is 13.3. The Balaban J connectivity index is 1.69. The third-order valence-corrected chi connectivity index (χ3v) is 3.98. The topological polar surface area (TPSA) is 84.5 Å². The molecule has 0 heterocycles. The maximum atomic E-state index is 11.7. The lowest BCUT2D eigenvalue weighted by Crippen LogP contribution is -2.41. The van der Waals surface area contributed by atoms with Crippen LogP contribution in [-0.4, -0.2) is 24.5 Å². The number of imide groups is 1. The molecule has 2 rings (SSSR count). The van der Waals surface area contributed by atoms with Gasteiger partial charge in [0.15, 0.2) is 6.61 Å². The molecule has 0 saturated heterocycles. The van der Waals surface area contributed by atoms with Crippen LogP contribution in [-0.2, 0) is 27.3 Å². The smallest absolute Gasteiger partial charge is 0.321 e. The Labute approximate surface area is 160 Å². The number of hydrogen-bond acceptors (Lipinski definition) is 4. The van der Waals surface area contributed by atoms with Gasteiger partial charge in [0.1, 0.15) is 0 Å². The normalized spacial score (nSPS) is 10.1. The lowest BCUT2D eigenvalue weighted by molar-refractivity contribution is -0.147. The number of esters is 1. The molecule has 0 bridgehead atoms. The van der Waals surface area contributed by atoms with Crippen molar-refractivity contribution in [1.82, 2.24) is 10.6 Å². The summed E-state index contributed by atoms with van der Waals surface area (Å²) in [6.45, 7) is -0.282. The van der Waals surface area contributed by atoms with Gasteiger partial charge in [-0.1, -0.05) is 59.6 Å². The Hall–Kier alpha value is -2.57. The van der Waals surface area contributed by atoms with Crippen LogP contribution in [0.1, 0.15) is 11.1 Å². The van der Waals surface area contributed by atoms with E-state index in [2.05, 4.69) is 10.6 Å². The first-order valence-corrected chi connectivity index (χ1v) is 8.41. The molecular weight excluding hydrogens is 379 g/mol. The first kappa shape index (κ1) is 19.8. The van der Waals surface area contributed by atoms with Gasteiger partial charge in [0, 0.05) is 6.54 Å². The van der Waals surface area contributed by atoms with E-state index in [1.54, 1.807) is 18.2 Å². The van der Waals surface area contributed by atoms with E-state index in [-0.39, 0.29) is 13.0 Å². The third kappa shape index (κ3) is 6.74. The highest BCUT2D eigenvalue weighted by Gasteiger charge is 2.12. The summed E-state index contributed by atoms with van der Waals surface area (Å²) in [5.41, 5.74) is 1.49. The number of amides is 3. The molecule has 0 radical (unpaired) electrons. The van der Waals surface area contributed by atoms with Crippen molar-refractivity contribution in [2.24, 2.45) is 0 Å². The Morgan fingerprint density at radius 2 is 1.65 bits per heavy atom. The van der Waals surface area contributed by atoms with Crippen molar-refractivity contribution in [3.05, 3.63) is 69.7 Å². The van der Waals surface area contributed by atoms with E-state index in [0.717, 1.165) is 5.56 Å². The van der Waals surface area contributed by atoms with Gasteiger partial charge in [-0.2, -0.15) is 0 Å². The predicted octanol–water partition coefficient (Wildman–Crippen LogP) is 3.11. The van der Waals surface area contributed by atoms with Gasteiger partial charge < -0.3 is 10.1 Å². The average Bonchev–Trinajstić information content (AvgIpc) is 2.62. The molecule has 3 amide bonds. The van der Waals surface area contributed by atoms with Gasteiger partial charge >= 0.3 is 12.0 Å². The SMILES string of the molecule is O=C(COC(=O)Cc1ccc(Cl)c(Cl)c1)NC(=O)NCc1ccccc1. The number of nitrogens with one attached hydrogen (secondary N) is 2. The highest BCUT2D eigenvalue weighted by atomic mass is 35.5. The minimum Gasteiger partial charge on any atom is -0.455 e. The number of carbonyl (C=O) groups is 3. The van der Waals surface area contributed by atoms with Crippen molar-refractivity contribution in [3.63, 3.8) is 0 Å². The summed E-state index contributed by atoms with van der Waals surface area (Å²) < 4.78 is 4.83. The van der Waals surface area contributed by atoms with Crippen LogP contribution < -0.4 is 10.6 Å². The van der Waals surface area contributed by atoms with E-state index in [1.807, 2.05) is 30.3 Å². The molecule has 8 heteroatoms. The lowest BCUT2D eigenvalue weighted by Gasteiger charge is -2.08. The van der Waals surface area contributed by atoms with Gasteiger partial charge in [0.25, 0.3) is 5.91 Å². The molecule has 0 aliphatic rings. The first-order valence-electron chi connectivity index (χ1n) is 7.65. The molecule has 136 valence electrons. The quantitative estimate of drug-likeness (QED) is 0.737. The summed E-state index contributed by atoms with van der Waals surface area (Å²) in [4.78, 5) is 35.0. The average molecular weight is 395 g/mol. The molecule has 0 fully saturated rings. The van der Waals surface area contributed by atoms with Crippen LogP contribution in [0, 0.1) is 0 Å². The first-order chi connectivity index (χ1) is 12.4. The zero-order chi connectivity index (χ0) is 18.9. The second-order valence-corrected chi connectivity index (χ2v) is 6.12. The lowest BCUT2D eigenvalue weighted by atomic mass is 10.1. The van der Waals surface area contributed by atoms with Crippen LogP contribution in [0.25, 0.3) is 0 Å². The minimum atomic E-state index is -0.724. The van der Waals surface area contributed by atoms with Gasteiger partial charge in [-0.15, -0.1) is 0 Å². The molecule has 0 aromatic heterocycles.